The van der Waals surface area contributed by atoms with Crippen LogP contribution in [0.25, 0.3) is 0 Å². The third-order valence-electron chi connectivity index (χ3n) is 2.60. The Bertz CT molecular complexity index is 385. The Balaban J connectivity index is 1.96. The Hall–Kier alpha value is -1.51. The number of nitrogens with zero attached hydrogens (tertiary/aromatic N) is 1. The molecular formula is C12H16N2O. The van der Waals surface area contributed by atoms with Crippen molar-refractivity contribution in [1.82, 2.24) is 5.32 Å². The molecule has 80 valence electrons. The van der Waals surface area contributed by atoms with Gasteiger partial charge < -0.3 is 10.1 Å². The molecule has 0 amide bonds. The van der Waals surface area contributed by atoms with Crippen LogP contribution in [-0.4, -0.2) is 25.5 Å². The topological polar surface area (TPSA) is 33.6 Å². The largest absolute Gasteiger partial charge is 0.486 e. The monoisotopic (exact) mass is 204 g/mol. The maximum atomic E-state index is 5.63. The normalized spacial score (nSPS) is 14.7. The molecule has 1 aromatic carbocycles. The summed E-state index contributed by atoms with van der Waals surface area (Å²) in [6, 6.07) is 6.14. The first-order chi connectivity index (χ1) is 7.25. The Morgan fingerprint density at radius 1 is 1.33 bits per heavy atom. The van der Waals surface area contributed by atoms with E-state index in [0.29, 0.717) is 6.61 Å². The van der Waals surface area contributed by atoms with E-state index >= 15 is 0 Å². The third-order valence-corrected chi connectivity index (χ3v) is 2.60. The van der Waals surface area contributed by atoms with Crippen molar-refractivity contribution in [2.45, 2.75) is 13.8 Å². The van der Waals surface area contributed by atoms with Crippen molar-refractivity contribution in [2.75, 3.05) is 19.7 Å². The molecule has 1 aliphatic rings. The van der Waals surface area contributed by atoms with Crippen LogP contribution in [0, 0.1) is 13.8 Å². The van der Waals surface area contributed by atoms with Gasteiger partial charge in [-0.3, -0.25) is 4.99 Å². The van der Waals surface area contributed by atoms with Gasteiger partial charge in [0.2, 0.25) is 0 Å². The third kappa shape index (κ3) is 2.49. The lowest BCUT2D eigenvalue weighted by Crippen LogP contribution is -2.24. The SMILES string of the molecule is Cc1ccc(OCC2=NCCN2)cc1C. The second kappa shape index (κ2) is 4.34. The minimum atomic E-state index is 0.544. The average molecular weight is 204 g/mol. The van der Waals surface area contributed by atoms with E-state index in [1.165, 1.54) is 11.1 Å². The van der Waals surface area contributed by atoms with Crippen molar-refractivity contribution in [3.8, 4) is 5.75 Å². The summed E-state index contributed by atoms with van der Waals surface area (Å²) in [6.07, 6.45) is 0. The molecule has 0 aromatic heterocycles. The van der Waals surface area contributed by atoms with Crippen LogP contribution in [-0.2, 0) is 0 Å². The molecule has 0 bridgehead atoms. The van der Waals surface area contributed by atoms with Crippen molar-refractivity contribution < 1.29 is 4.74 Å². The highest BCUT2D eigenvalue weighted by Crippen LogP contribution is 2.16. The van der Waals surface area contributed by atoms with E-state index < -0.39 is 0 Å². The van der Waals surface area contributed by atoms with E-state index in [9.17, 15) is 0 Å². The van der Waals surface area contributed by atoms with Gasteiger partial charge in [0.1, 0.15) is 18.2 Å². The minimum Gasteiger partial charge on any atom is -0.486 e. The van der Waals surface area contributed by atoms with Crippen LogP contribution < -0.4 is 10.1 Å². The standard InChI is InChI=1S/C12H16N2O/c1-9-3-4-11(7-10(9)2)15-8-12-13-5-6-14-12/h3-4,7H,5-6,8H2,1-2H3,(H,13,14). The van der Waals surface area contributed by atoms with Crippen LogP contribution >= 0.6 is 0 Å². The van der Waals surface area contributed by atoms with Gasteiger partial charge in [0.05, 0.1) is 6.54 Å². The lowest BCUT2D eigenvalue weighted by atomic mass is 10.1. The molecule has 0 saturated heterocycles. The van der Waals surface area contributed by atoms with Crippen LogP contribution in [0.2, 0.25) is 0 Å². The molecule has 1 aliphatic heterocycles. The highest BCUT2D eigenvalue weighted by atomic mass is 16.5. The highest BCUT2D eigenvalue weighted by Gasteiger charge is 2.05. The van der Waals surface area contributed by atoms with Gasteiger partial charge in [0.15, 0.2) is 0 Å². The molecule has 15 heavy (non-hydrogen) atoms. The molecule has 0 unspecified atom stereocenters. The van der Waals surface area contributed by atoms with E-state index in [-0.39, 0.29) is 0 Å². The maximum Gasteiger partial charge on any atom is 0.145 e. The summed E-state index contributed by atoms with van der Waals surface area (Å²) in [4.78, 5) is 4.27. The summed E-state index contributed by atoms with van der Waals surface area (Å²) in [5.74, 6) is 1.86. The Morgan fingerprint density at radius 3 is 2.87 bits per heavy atom. The number of nitrogens with one attached hydrogen (secondary N) is 1. The van der Waals surface area contributed by atoms with Gasteiger partial charge in [-0.15, -0.1) is 0 Å². The number of benzene rings is 1. The number of hydrogen-bond donors (Lipinski definition) is 1. The molecule has 3 nitrogen and oxygen atoms in total. The summed E-state index contributed by atoms with van der Waals surface area (Å²) in [5, 5.41) is 3.18. The molecule has 2 rings (SSSR count). The van der Waals surface area contributed by atoms with Crippen LogP contribution in [0.4, 0.5) is 0 Å². The number of aryl methyl sites for hydroxylation is 2. The second-order valence-corrected chi connectivity index (χ2v) is 3.79. The first kappa shape index (κ1) is 10.0. The molecule has 1 aromatic rings. The molecule has 0 radical (unpaired) electrons. The smallest absolute Gasteiger partial charge is 0.145 e. The molecule has 0 fully saturated rings. The molecule has 0 aliphatic carbocycles. The van der Waals surface area contributed by atoms with Crippen LogP contribution in [0.15, 0.2) is 23.2 Å². The molecule has 1 heterocycles. The summed E-state index contributed by atoms with van der Waals surface area (Å²) < 4.78 is 5.63. The summed E-state index contributed by atoms with van der Waals surface area (Å²) >= 11 is 0. The highest BCUT2D eigenvalue weighted by molar-refractivity contribution is 5.84. The van der Waals surface area contributed by atoms with Gasteiger partial charge in [0, 0.05) is 6.54 Å². The zero-order chi connectivity index (χ0) is 10.7. The predicted octanol–water partition coefficient (Wildman–Crippen LogP) is 1.68. The van der Waals surface area contributed by atoms with E-state index in [4.69, 9.17) is 4.74 Å². The Morgan fingerprint density at radius 2 is 2.20 bits per heavy atom. The van der Waals surface area contributed by atoms with Crippen molar-refractivity contribution >= 4 is 5.84 Å². The zero-order valence-electron chi connectivity index (χ0n) is 9.21. The van der Waals surface area contributed by atoms with Gasteiger partial charge in [-0.25, -0.2) is 0 Å². The Labute approximate surface area is 90.2 Å². The van der Waals surface area contributed by atoms with Crippen molar-refractivity contribution in [3.63, 3.8) is 0 Å². The molecule has 1 N–H and O–H groups in total. The first-order valence-electron chi connectivity index (χ1n) is 5.23. The fourth-order valence-electron chi connectivity index (χ4n) is 1.50. The maximum absolute atomic E-state index is 5.63. The van der Waals surface area contributed by atoms with Crippen LogP contribution in [0.1, 0.15) is 11.1 Å². The molecular weight excluding hydrogens is 188 g/mol. The summed E-state index contributed by atoms with van der Waals surface area (Å²) in [5.41, 5.74) is 2.55. The summed E-state index contributed by atoms with van der Waals surface area (Å²) in [6.45, 7) is 6.54. The van der Waals surface area contributed by atoms with Crippen LogP contribution in [0.5, 0.6) is 5.75 Å². The second-order valence-electron chi connectivity index (χ2n) is 3.79. The van der Waals surface area contributed by atoms with Gasteiger partial charge in [-0.1, -0.05) is 6.07 Å². The number of hydrogen-bond acceptors (Lipinski definition) is 3. The average Bonchev–Trinajstić information content (AvgIpc) is 2.73. The fraction of sp³-hybridized carbons (Fsp3) is 0.417. The van der Waals surface area contributed by atoms with Crippen molar-refractivity contribution in [1.29, 1.82) is 0 Å². The van der Waals surface area contributed by atoms with E-state index in [1.807, 2.05) is 6.07 Å². The first-order valence-corrected chi connectivity index (χ1v) is 5.23. The number of ether oxygens (including phenoxy) is 1. The fourth-order valence-corrected chi connectivity index (χ4v) is 1.50. The van der Waals surface area contributed by atoms with E-state index in [2.05, 4.69) is 36.3 Å². The van der Waals surface area contributed by atoms with Gasteiger partial charge in [-0.05, 0) is 37.1 Å². The summed E-state index contributed by atoms with van der Waals surface area (Å²) in [7, 11) is 0. The molecule has 0 saturated carbocycles. The lowest BCUT2D eigenvalue weighted by Gasteiger charge is -2.08. The van der Waals surface area contributed by atoms with Crippen LogP contribution in [0.3, 0.4) is 0 Å². The number of aliphatic imine (C=N–C) groups is 1. The molecule has 0 atom stereocenters. The van der Waals surface area contributed by atoms with Crippen molar-refractivity contribution in [3.05, 3.63) is 29.3 Å². The van der Waals surface area contributed by atoms with Gasteiger partial charge in [0.25, 0.3) is 0 Å². The minimum absolute atomic E-state index is 0.544. The van der Waals surface area contributed by atoms with E-state index in [1.54, 1.807) is 0 Å². The predicted molar refractivity (Wildman–Crippen MR) is 61.7 cm³/mol. The van der Waals surface area contributed by atoms with Gasteiger partial charge >= 0.3 is 0 Å². The number of amidine groups is 1. The molecule has 0 spiro atoms. The lowest BCUT2D eigenvalue weighted by molar-refractivity contribution is 0.373. The number of rotatable bonds is 3. The zero-order valence-corrected chi connectivity index (χ0v) is 9.21. The van der Waals surface area contributed by atoms with Crippen molar-refractivity contribution in [2.24, 2.45) is 4.99 Å². The van der Waals surface area contributed by atoms with Gasteiger partial charge in [-0.2, -0.15) is 0 Å². The quantitative estimate of drug-likeness (QED) is 0.812. The Kier molecular flexibility index (Phi) is 2.90. The van der Waals surface area contributed by atoms with E-state index in [0.717, 1.165) is 24.7 Å². The molecule has 3 heteroatoms.